The smallest absolute Gasteiger partial charge is 0.332 e. The summed E-state index contributed by atoms with van der Waals surface area (Å²) in [6.45, 7) is 0.315. The molecule has 3 aromatic rings. The van der Waals surface area contributed by atoms with Gasteiger partial charge in [0.2, 0.25) is 0 Å². The van der Waals surface area contributed by atoms with Crippen LogP contribution < -0.4 is 16.6 Å². The number of hydrogen-bond acceptors (Lipinski definition) is 5. The van der Waals surface area contributed by atoms with E-state index in [9.17, 15) is 14.4 Å². The monoisotopic (exact) mass is 325 g/mol. The third-order valence-electron chi connectivity index (χ3n) is 3.73. The molecule has 0 atom stereocenters. The molecular weight excluding hydrogens is 310 g/mol. The largest absolute Gasteiger partial charge is 0.348 e. The summed E-state index contributed by atoms with van der Waals surface area (Å²) in [6, 6.07) is 5.07. The topological polar surface area (TPSA) is 98.9 Å². The van der Waals surface area contributed by atoms with Gasteiger partial charge in [-0.15, -0.1) is 0 Å². The van der Waals surface area contributed by atoms with E-state index in [4.69, 9.17) is 0 Å². The molecular formula is C16H15N5O3. The number of rotatable bonds is 3. The van der Waals surface area contributed by atoms with Gasteiger partial charge in [-0.3, -0.25) is 23.7 Å². The Hall–Kier alpha value is -3.29. The molecule has 1 amide bonds. The van der Waals surface area contributed by atoms with Crippen molar-refractivity contribution in [1.82, 2.24) is 24.4 Å². The molecule has 122 valence electrons. The number of nitrogens with zero attached hydrogens (tertiary/aromatic N) is 4. The molecule has 0 radical (unpaired) electrons. The highest BCUT2D eigenvalue weighted by Gasteiger charge is 2.13. The molecule has 0 aliphatic carbocycles. The lowest BCUT2D eigenvalue weighted by Crippen LogP contribution is -2.37. The fraction of sp³-hybridized carbons (Fsp3) is 0.188. The summed E-state index contributed by atoms with van der Waals surface area (Å²) in [4.78, 5) is 44.4. The Kier molecular flexibility index (Phi) is 3.95. The van der Waals surface area contributed by atoms with E-state index in [1.54, 1.807) is 18.5 Å². The first-order valence-corrected chi connectivity index (χ1v) is 7.22. The van der Waals surface area contributed by atoms with Crippen molar-refractivity contribution in [2.45, 2.75) is 6.54 Å². The Bertz CT molecular complexity index is 1040. The molecule has 3 rings (SSSR count). The van der Waals surface area contributed by atoms with E-state index in [1.807, 2.05) is 6.07 Å². The van der Waals surface area contributed by atoms with Crippen LogP contribution in [0.3, 0.4) is 0 Å². The third-order valence-corrected chi connectivity index (χ3v) is 3.73. The summed E-state index contributed by atoms with van der Waals surface area (Å²) in [5.74, 6) is -0.357. The summed E-state index contributed by atoms with van der Waals surface area (Å²) >= 11 is 0. The molecule has 0 bridgehead atoms. The summed E-state index contributed by atoms with van der Waals surface area (Å²) < 4.78 is 2.26. The molecule has 3 heterocycles. The van der Waals surface area contributed by atoms with E-state index in [2.05, 4.69) is 15.3 Å². The number of fused-ring (bicyclic) bond motifs is 1. The normalized spacial score (nSPS) is 10.8. The molecule has 0 saturated carbocycles. The SMILES string of the molecule is Cn1c(=O)c2cc(C(=O)NCc3cccnc3)cnc2n(C)c1=O. The van der Waals surface area contributed by atoms with Crippen molar-refractivity contribution >= 4 is 16.9 Å². The molecule has 0 saturated heterocycles. The Morgan fingerprint density at radius 1 is 1.21 bits per heavy atom. The maximum Gasteiger partial charge on any atom is 0.332 e. The molecule has 0 aromatic carbocycles. The van der Waals surface area contributed by atoms with Gasteiger partial charge >= 0.3 is 5.69 Å². The lowest BCUT2D eigenvalue weighted by molar-refractivity contribution is 0.0950. The average Bonchev–Trinajstić information content (AvgIpc) is 2.63. The number of hydrogen-bond donors (Lipinski definition) is 1. The molecule has 0 spiro atoms. The van der Waals surface area contributed by atoms with Gasteiger partial charge in [0.15, 0.2) is 0 Å². The van der Waals surface area contributed by atoms with Gasteiger partial charge in [0.25, 0.3) is 11.5 Å². The van der Waals surface area contributed by atoms with E-state index in [0.29, 0.717) is 6.54 Å². The Balaban J connectivity index is 1.95. The molecule has 8 nitrogen and oxygen atoms in total. The van der Waals surface area contributed by atoms with E-state index in [0.717, 1.165) is 10.1 Å². The number of carbonyl (C=O) groups is 1. The minimum absolute atomic E-state index is 0.216. The minimum Gasteiger partial charge on any atom is -0.348 e. The minimum atomic E-state index is -0.484. The summed E-state index contributed by atoms with van der Waals surface area (Å²) in [6.07, 6.45) is 4.66. The van der Waals surface area contributed by atoms with Gasteiger partial charge in [-0.25, -0.2) is 9.78 Å². The Labute approximate surface area is 136 Å². The van der Waals surface area contributed by atoms with Crippen molar-refractivity contribution in [2.75, 3.05) is 0 Å². The zero-order chi connectivity index (χ0) is 17.3. The van der Waals surface area contributed by atoms with Crippen molar-refractivity contribution in [1.29, 1.82) is 0 Å². The molecule has 24 heavy (non-hydrogen) atoms. The maximum absolute atomic E-state index is 12.3. The third kappa shape index (κ3) is 2.69. The van der Waals surface area contributed by atoms with Crippen molar-refractivity contribution in [3.63, 3.8) is 0 Å². The van der Waals surface area contributed by atoms with Crippen molar-refractivity contribution < 1.29 is 4.79 Å². The zero-order valence-corrected chi connectivity index (χ0v) is 13.2. The predicted molar refractivity (Wildman–Crippen MR) is 87.6 cm³/mol. The van der Waals surface area contributed by atoms with Crippen LogP contribution in [0.15, 0.2) is 46.4 Å². The lowest BCUT2D eigenvalue weighted by Gasteiger charge is -2.08. The van der Waals surface area contributed by atoms with E-state index >= 15 is 0 Å². The second kappa shape index (κ2) is 6.07. The highest BCUT2D eigenvalue weighted by Crippen LogP contribution is 2.07. The number of aromatic nitrogens is 4. The van der Waals surface area contributed by atoms with Crippen LogP contribution in [0.2, 0.25) is 0 Å². The number of pyridine rings is 2. The highest BCUT2D eigenvalue weighted by molar-refractivity contribution is 5.96. The Morgan fingerprint density at radius 3 is 2.71 bits per heavy atom. The van der Waals surface area contributed by atoms with E-state index in [-0.39, 0.29) is 22.5 Å². The zero-order valence-electron chi connectivity index (χ0n) is 13.2. The summed E-state index contributed by atoms with van der Waals surface area (Å²) in [7, 11) is 2.92. The van der Waals surface area contributed by atoms with Gasteiger partial charge in [0, 0.05) is 39.2 Å². The first-order valence-electron chi connectivity index (χ1n) is 7.22. The molecule has 0 aliphatic heterocycles. The highest BCUT2D eigenvalue weighted by atomic mass is 16.2. The van der Waals surface area contributed by atoms with Gasteiger partial charge < -0.3 is 5.32 Å². The number of amides is 1. The van der Waals surface area contributed by atoms with Crippen molar-refractivity contribution in [3.8, 4) is 0 Å². The molecule has 0 unspecified atom stereocenters. The maximum atomic E-state index is 12.3. The Morgan fingerprint density at radius 2 is 2.00 bits per heavy atom. The number of aryl methyl sites for hydroxylation is 1. The molecule has 8 heteroatoms. The second-order valence-electron chi connectivity index (χ2n) is 5.34. The lowest BCUT2D eigenvalue weighted by atomic mass is 10.2. The van der Waals surface area contributed by atoms with Crippen molar-refractivity contribution in [2.24, 2.45) is 14.1 Å². The average molecular weight is 325 g/mol. The number of nitrogens with one attached hydrogen (secondary N) is 1. The van der Waals surface area contributed by atoms with Crippen molar-refractivity contribution in [3.05, 3.63) is 68.8 Å². The fourth-order valence-electron chi connectivity index (χ4n) is 2.38. The summed E-state index contributed by atoms with van der Waals surface area (Å²) in [5.41, 5.74) is 0.406. The van der Waals surface area contributed by atoms with Crippen LogP contribution >= 0.6 is 0 Å². The van der Waals surface area contributed by atoms with Crippen LogP contribution in [-0.4, -0.2) is 25.0 Å². The molecule has 0 aliphatic rings. The van der Waals surface area contributed by atoms with E-state index < -0.39 is 11.2 Å². The first-order chi connectivity index (χ1) is 11.5. The van der Waals surface area contributed by atoms with E-state index in [1.165, 1.54) is 30.9 Å². The first kappa shape index (κ1) is 15.6. The van der Waals surface area contributed by atoms with Gasteiger partial charge in [-0.2, -0.15) is 0 Å². The van der Waals surface area contributed by atoms with Gasteiger partial charge in [-0.1, -0.05) is 6.07 Å². The van der Waals surface area contributed by atoms with Crippen LogP contribution in [0, 0.1) is 0 Å². The standard InChI is InChI=1S/C16H15N5O3/c1-20-13-12(15(23)21(2)16(20)24)6-11(9-18-13)14(22)19-8-10-4-3-5-17-7-10/h3-7,9H,8H2,1-2H3,(H,19,22). The van der Waals surface area contributed by atoms with Gasteiger partial charge in [0.1, 0.15) is 5.65 Å². The van der Waals surface area contributed by atoms with Crippen LogP contribution in [0.4, 0.5) is 0 Å². The predicted octanol–water partition coefficient (Wildman–Crippen LogP) is -0.0428. The summed E-state index contributed by atoms with van der Waals surface area (Å²) in [5, 5.41) is 2.96. The number of carbonyl (C=O) groups excluding carboxylic acids is 1. The van der Waals surface area contributed by atoms with Crippen LogP contribution in [0.1, 0.15) is 15.9 Å². The van der Waals surface area contributed by atoms with Crippen LogP contribution in [0.5, 0.6) is 0 Å². The van der Waals surface area contributed by atoms with Crippen LogP contribution in [0.25, 0.3) is 11.0 Å². The molecule has 0 fully saturated rings. The quantitative estimate of drug-likeness (QED) is 0.728. The van der Waals surface area contributed by atoms with Gasteiger partial charge in [0.05, 0.1) is 10.9 Å². The van der Waals surface area contributed by atoms with Gasteiger partial charge in [-0.05, 0) is 17.7 Å². The van der Waals surface area contributed by atoms with Crippen LogP contribution in [-0.2, 0) is 20.6 Å². The fourth-order valence-corrected chi connectivity index (χ4v) is 2.38. The molecule has 1 N–H and O–H groups in total. The molecule has 3 aromatic heterocycles. The second-order valence-corrected chi connectivity index (χ2v) is 5.34.